The van der Waals surface area contributed by atoms with Crippen LogP contribution in [0.5, 0.6) is 0 Å². The summed E-state index contributed by atoms with van der Waals surface area (Å²) in [7, 11) is 0. The van der Waals surface area contributed by atoms with Gasteiger partial charge in [0.05, 0.1) is 12.0 Å². The van der Waals surface area contributed by atoms with Gasteiger partial charge in [0.25, 0.3) is 0 Å². The van der Waals surface area contributed by atoms with Crippen molar-refractivity contribution in [1.82, 2.24) is 5.32 Å². The molecule has 1 fully saturated rings. The SMILES string of the molecule is CCOCC1(C(=O)NC(Cc2ccccc2)C(=O)O)CC1. The molecule has 0 heterocycles. The van der Waals surface area contributed by atoms with Gasteiger partial charge in [-0.2, -0.15) is 0 Å². The van der Waals surface area contributed by atoms with Crippen LogP contribution in [0.3, 0.4) is 0 Å². The lowest BCUT2D eigenvalue weighted by Gasteiger charge is -2.19. The van der Waals surface area contributed by atoms with Gasteiger partial charge in [-0.25, -0.2) is 4.79 Å². The maximum Gasteiger partial charge on any atom is 0.326 e. The Hall–Kier alpha value is -1.88. The van der Waals surface area contributed by atoms with E-state index in [-0.39, 0.29) is 12.3 Å². The van der Waals surface area contributed by atoms with Gasteiger partial charge in [0.1, 0.15) is 6.04 Å². The molecule has 0 bridgehead atoms. The van der Waals surface area contributed by atoms with E-state index in [0.717, 1.165) is 18.4 Å². The molecular weight excluding hydrogens is 270 g/mol. The predicted octanol–water partition coefficient (Wildman–Crippen LogP) is 1.62. The van der Waals surface area contributed by atoms with Crippen LogP contribution in [-0.4, -0.2) is 36.2 Å². The normalized spacial score (nSPS) is 17.0. The molecular formula is C16H21NO4. The molecule has 1 aromatic carbocycles. The molecule has 2 N–H and O–H groups in total. The molecule has 1 aliphatic carbocycles. The fourth-order valence-electron chi connectivity index (χ4n) is 2.25. The largest absolute Gasteiger partial charge is 0.480 e. The van der Waals surface area contributed by atoms with E-state index in [1.54, 1.807) is 0 Å². The second kappa shape index (κ2) is 6.72. The van der Waals surface area contributed by atoms with Crippen LogP contribution in [0.2, 0.25) is 0 Å². The first-order valence-electron chi connectivity index (χ1n) is 7.23. The summed E-state index contributed by atoms with van der Waals surface area (Å²) in [5, 5.41) is 12.0. The molecule has 21 heavy (non-hydrogen) atoms. The number of hydrogen-bond donors (Lipinski definition) is 2. The van der Waals surface area contributed by atoms with Crippen LogP contribution in [0.15, 0.2) is 30.3 Å². The van der Waals surface area contributed by atoms with Gasteiger partial charge >= 0.3 is 5.97 Å². The van der Waals surface area contributed by atoms with Crippen LogP contribution in [-0.2, 0) is 20.7 Å². The topological polar surface area (TPSA) is 75.6 Å². The van der Waals surface area contributed by atoms with E-state index in [2.05, 4.69) is 5.32 Å². The van der Waals surface area contributed by atoms with Crippen LogP contribution in [0.25, 0.3) is 0 Å². The molecule has 1 unspecified atom stereocenters. The zero-order valence-electron chi connectivity index (χ0n) is 12.2. The highest BCUT2D eigenvalue weighted by Crippen LogP contribution is 2.46. The fraction of sp³-hybridized carbons (Fsp3) is 0.500. The molecule has 114 valence electrons. The van der Waals surface area contributed by atoms with Crippen LogP contribution in [0.4, 0.5) is 0 Å². The van der Waals surface area contributed by atoms with Crippen molar-refractivity contribution in [2.45, 2.75) is 32.2 Å². The summed E-state index contributed by atoms with van der Waals surface area (Å²) < 4.78 is 5.33. The van der Waals surface area contributed by atoms with Crippen LogP contribution in [0.1, 0.15) is 25.3 Å². The molecule has 0 saturated heterocycles. The van der Waals surface area contributed by atoms with Crippen molar-refractivity contribution in [3.8, 4) is 0 Å². The third kappa shape index (κ3) is 4.04. The van der Waals surface area contributed by atoms with Crippen molar-refractivity contribution in [3.05, 3.63) is 35.9 Å². The van der Waals surface area contributed by atoms with Crippen molar-refractivity contribution >= 4 is 11.9 Å². The molecule has 2 rings (SSSR count). The Kier molecular flexibility index (Phi) is 4.96. The summed E-state index contributed by atoms with van der Waals surface area (Å²) in [4.78, 5) is 23.6. The summed E-state index contributed by atoms with van der Waals surface area (Å²) in [5.74, 6) is -1.22. The highest BCUT2D eigenvalue weighted by Gasteiger charge is 2.50. The predicted molar refractivity (Wildman–Crippen MR) is 77.9 cm³/mol. The highest BCUT2D eigenvalue weighted by molar-refractivity contribution is 5.89. The number of carboxylic acids is 1. The number of aliphatic carboxylic acids is 1. The highest BCUT2D eigenvalue weighted by atomic mass is 16.5. The zero-order chi connectivity index (χ0) is 15.3. The first kappa shape index (κ1) is 15.5. The Morgan fingerprint density at radius 1 is 1.33 bits per heavy atom. The number of nitrogens with one attached hydrogen (secondary N) is 1. The van der Waals surface area contributed by atoms with Crippen molar-refractivity contribution in [1.29, 1.82) is 0 Å². The first-order valence-corrected chi connectivity index (χ1v) is 7.23. The summed E-state index contributed by atoms with van der Waals surface area (Å²) in [5.41, 5.74) is 0.375. The Bertz CT molecular complexity index is 496. The van der Waals surface area contributed by atoms with Crippen molar-refractivity contribution in [2.75, 3.05) is 13.2 Å². The number of amides is 1. The number of carbonyl (C=O) groups is 2. The van der Waals surface area contributed by atoms with E-state index < -0.39 is 17.4 Å². The molecule has 5 heteroatoms. The molecule has 5 nitrogen and oxygen atoms in total. The summed E-state index contributed by atoms with van der Waals surface area (Å²) in [6.45, 7) is 2.80. The van der Waals surface area contributed by atoms with Gasteiger partial charge in [-0.05, 0) is 25.3 Å². The smallest absolute Gasteiger partial charge is 0.326 e. The Morgan fingerprint density at radius 3 is 2.52 bits per heavy atom. The third-order valence-electron chi connectivity index (χ3n) is 3.80. The van der Waals surface area contributed by atoms with Crippen LogP contribution in [0, 0.1) is 5.41 Å². The molecule has 1 aromatic rings. The molecule has 0 spiro atoms. The monoisotopic (exact) mass is 291 g/mol. The lowest BCUT2D eigenvalue weighted by Crippen LogP contribution is -2.46. The second-order valence-corrected chi connectivity index (χ2v) is 5.47. The summed E-state index contributed by atoms with van der Waals surface area (Å²) in [6.07, 6.45) is 1.81. The fourth-order valence-corrected chi connectivity index (χ4v) is 2.25. The average molecular weight is 291 g/mol. The second-order valence-electron chi connectivity index (χ2n) is 5.47. The van der Waals surface area contributed by atoms with E-state index >= 15 is 0 Å². The molecule has 0 radical (unpaired) electrons. The number of hydrogen-bond acceptors (Lipinski definition) is 3. The van der Waals surface area contributed by atoms with E-state index in [9.17, 15) is 14.7 Å². The first-order chi connectivity index (χ1) is 10.1. The van der Waals surface area contributed by atoms with Crippen molar-refractivity contribution in [2.24, 2.45) is 5.41 Å². The molecule has 1 saturated carbocycles. The summed E-state index contributed by atoms with van der Waals surface area (Å²) >= 11 is 0. The van der Waals surface area contributed by atoms with Crippen LogP contribution < -0.4 is 5.32 Å². The van der Waals surface area contributed by atoms with E-state index in [1.165, 1.54) is 0 Å². The minimum absolute atomic E-state index is 0.209. The number of carbonyl (C=O) groups excluding carboxylic acids is 1. The summed E-state index contributed by atoms with van der Waals surface area (Å²) in [6, 6.07) is 8.39. The molecule has 1 aliphatic rings. The zero-order valence-corrected chi connectivity index (χ0v) is 12.2. The maximum atomic E-state index is 12.3. The third-order valence-corrected chi connectivity index (χ3v) is 3.80. The van der Waals surface area contributed by atoms with Gasteiger partial charge in [-0.15, -0.1) is 0 Å². The molecule has 1 atom stereocenters. The number of ether oxygens (including phenoxy) is 1. The van der Waals surface area contributed by atoms with Gasteiger partial charge in [-0.3, -0.25) is 4.79 Å². The number of carboxylic acid groups (broad SMARTS) is 1. The van der Waals surface area contributed by atoms with Gasteiger partial charge in [-0.1, -0.05) is 30.3 Å². The van der Waals surface area contributed by atoms with Gasteiger partial charge in [0.2, 0.25) is 5.91 Å². The van der Waals surface area contributed by atoms with Gasteiger partial charge in [0.15, 0.2) is 0 Å². The lowest BCUT2D eigenvalue weighted by atomic mass is 10.0. The van der Waals surface area contributed by atoms with E-state index in [4.69, 9.17) is 4.74 Å². The quantitative estimate of drug-likeness (QED) is 0.763. The number of rotatable bonds is 8. The van der Waals surface area contributed by atoms with Crippen LogP contribution >= 0.6 is 0 Å². The molecule has 1 amide bonds. The minimum Gasteiger partial charge on any atom is -0.480 e. The average Bonchev–Trinajstić information content (AvgIpc) is 3.26. The minimum atomic E-state index is -1.01. The standard InChI is InChI=1S/C16H21NO4/c1-2-21-11-16(8-9-16)15(20)17-13(14(18)19)10-12-6-4-3-5-7-12/h3-7,13H,2,8-11H2,1H3,(H,17,20)(H,18,19). The number of benzene rings is 1. The Balaban J connectivity index is 1.97. The van der Waals surface area contributed by atoms with Gasteiger partial charge < -0.3 is 15.2 Å². The molecule has 0 aromatic heterocycles. The van der Waals surface area contributed by atoms with Gasteiger partial charge in [0, 0.05) is 13.0 Å². The van der Waals surface area contributed by atoms with E-state index in [0.29, 0.717) is 13.2 Å². The maximum absolute atomic E-state index is 12.3. The molecule has 0 aliphatic heterocycles. The van der Waals surface area contributed by atoms with Crippen molar-refractivity contribution in [3.63, 3.8) is 0 Å². The van der Waals surface area contributed by atoms with Crippen molar-refractivity contribution < 1.29 is 19.4 Å². The lowest BCUT2D eigenvalue weighted by molar-refractivity contribution is -0.143. The Morgan fingerprint density at radius 2 is 2.00 bits per heavy atom. The Labute approximate surface area is 124 Å². The van der Waals surface area contributed by atoms with E-state index in [1.807, 2.05) is 37.3 Å².